The molecule has 8 heteroatoms. The van der Waals surface area contributed by atoms with Crippen molar-refractivity contribution in [2.24, 2.45) is 5.92 Å². The van der Waals surface area contributed by atoms with Crippen LogP contribution >= 0.6 is 0 Å². The molecule has 2 aromatic carbocycles. The fraction of sp³-hybridized carbons (Fsp3) is 0.367. The Labute approximate surface area is 223 Å². The molecular formula is C30H35N5O3. The second-order valence-corrected chi connectivity index (χ2v) is 9.95. The van der Waals surface area contributed by atoms with Crippen molar-refractivity contribution in [3.63, 3.8) is 0 Å². The summed E-state index contributed by atoms with van der Waals surface area (Å²) in [7, 11) is 1.56. The van der Waals surface area contributed by atoms with Crippen LogP contribution in [0.5, 0.6) is 11.6 Å². The third-order valence-electron chi connectivity index (χ3n) is 7.39. The van der Waals surface area contributed by atoms with Crippen molar-refractivity contribution in [3.05, 3.63) is 71.7 Å². The van der Waals surface area contributed by atoms with Gasteiger partial charge in [-0.25, -0.2) is 9.97 Å². The first-order valence-electron chi connectivity index (χ1n) is 13.3. The second-order valence-electron chi connectivity index (χ2n) is 9.95. The van der Waals surface area contributed by atoms with Crippen LogP contribution in [0.25, 0.3) is 16.8 Å². The van der Waals surface area contributed by atoms with Crippen molar-refractivity contribution < 1.29 is 14.3 Å². The maximum Gasteiger partial charge on any atom is 0.255 e. The molecule has 0 bridgehead atoms. The zero-order valence-corrected chi connectivity index (χ0v) is 22.2. The Balaban J connectivity index is 1.44. The molecule has 0 spiro atoms. The molecule has 5 rings (SSSR count). The van der Waals surface area contributed by atoms with Crippen molar-refractivity contribution in [1.29, 1.82) is 0 Å². The summed E-state index contributed by atoms with van der Waals surface area (Å²) in [5, 5.41) is 2.97. The SMILES string of the molecule is CCOc1cnc(N)c2c(-c3ccc(CNC(=O)c4ccccc4OC)cc3)nc(C3CCC(C)CC3)n12. The Morgan fingerprint density at radius 2 is 1.84 bits per heavy atom. The number of rotatable bonds is 8. The highest BCUT2D eigenvalue weighted by atomic mass is 16.5. The van der Waals surface area contributed by atoms with Gasteiger partial charge in [-0.1, -0.05) is 56.2 Å². The molecule has 0 unspecified atom stereocenters. The molecule has 0 saturated heterocycles. The molecule has 3 N–H and O–H groups in total. The van der Waals surface area contributed by atoms with E-state index in [1.54, 1.807) is 25.4 Å². The van der Waals surface area contributed by atoms with Crippen molar-refractivity contribution in [1.82, 2.24) is 19.7 Å². The van der Waals surface area contributed by atoms with Gasteiger partial charge in [0.15, 0.2) is 0 Å². The molecule has 2 aromatic heterocycles. The lowest BCUT2D eigenvalue weighted by molar-refractivity contribution is 0.0948. The first-order chi connectivity index (χ1) is 18.5. The van der Waals surface area contributed by atoms with Crippen LogP contribution in [0.15, 0.2) is 54.7 Å². The number of para-hydroxylation sites is 1. The van der Waals surface area contributed by atoms with Gasteiger partial charge in [-0.3, -0.25) is 9.20 Å². The molecule has 1 amide bonds. The zero-order chi connectivity index (χ0) is 26.6. The minimum atomic E-state index is -0.180. The van der Waals surface area contributed by atoms with E-state index >= 15 is 0 Å². The molecule has 0 radical (unpaired) electrons. The van der Waals surface area contributed by atoms with E-state index in [4.69, 9.17) is 20.2 Å². The van der Waals surface area contributed by atoms with Crippen molar-refractivity contribution in [2.45, 2.75) is 52.0 Å². The van der Waals surface area contributed by atoms with Crippen LogP contribution in [0, 0.1) is 5.92 Å². The fourth-order valence-corrected chi connectivity index (χ4v) is 5.27. The molecule has 8 nitrogen and oxygen atoms in total. The summed E-state index contributed by atoms with van der Waals surface area (Å²) in [6, 6.07) is 15.2. The zero-order valence-electron chi connectivity index (χ0n) is 22.2. The van der Waals surface area contributed by atoms with Crippen molar-refractivity contribution >= 4 is 17.2 Å². The predicted molar refractivity (Wildman–Crippen MR) is 149 cm³/mol. The largest absolute Gasteiger partial charge is 0.496 e. The van der Waals surface area contributed by atoms with E-state index in [1.165, 1.54) is 12.8 Å². The number of carbonyl (C=O) groups excluding carboxylic acids is 1. The van der Waals surface area contributed by atoms with Crippen LogP contribution in [-0.2, 0) is 6.54 Å². The van der Waals surface area contributed by atoms with Gasteiger partial charge < -0.3 is 20.5 Å². The molecule has 1 aliphatic rings. The van der Waals surface area contributed by atoms with Crippen LogP contribution in [0.1, 0.15) is 67.2 Å². The van der Waals surface area contributed by atoms with Gasteiger partial charge >= 0.3 is 0 Å². The number of hydrogen-bond donors (Lipinski definition) is 2. The average molecular weight is 514 g/mol. The smallest absolute Gasteiger partial charge is 0.255 e. The van der Waals surface area contributed by atoms with Gasteiger partial charge in [0.1, 0.15) is 28.6 Å². The summed E-state index contributed by atoms with van der Waals surface area (Å²) in [6.45, 7) is 5.21. The van der Waals surface area contributed by atoms with Crippen LogP contribution in [0.3, 0.4) is 0 Å². The highest BCUT2D eigenvalue weighted by molar-refractivity contribution is 5.96. The van der Waals surface area contributed by atoms with E-state index in [0.29, 0.717) is 42.1 Å². The lowest BCUT2D eigenvalue weighted by Crippen LogP contribution is -2.23. The molecule has 1 saturated carbocycles. The number of nitrogens with two attached hydrogens (primary N) is 1. The number of imidazole rings is 1. The number of anilines is 1. The summed E-state index contributed by atoms with van der Waals surface area (Å²) >= 11 is 0. The van der Waals surface area contributed by atoms with Crippen molar-refractivity contribution in [3.8, 4) is 22.9 Å². The van der Waals surface area contributed by atoms with E-state index < -0.39 is 0 Å². The van der Waals surface area contributed by atoms with E-state index in [-0.39, 0.29) is 5.91 Å². The number of carbonyl (C=O) groups is 1. The summed E-state index contributed by atoms with van der Waals surface area (Å²) in [4.78, 5) is 22.3. The van der Waals surface area contributed by atoms with E-state index in [0.717, 1.165) is 46.9 Å². The van der Waals surface area contributed by atoms with Crippen LogP contribution in [0.4, 0.5) is 5.82 Å². The molecule has 1 fully saturated rings. The van der Waals surface area contributed by atoms with E-state index in [2.05, 4.69) is 21.6 Å². The number of ether oxygens (including phenoxy) is 2. The molecule has 0 atom stereocenters. The number of amides is 1. The number of methoxy groups -OCH3 is 1. The number of nitrogen functional groups attached to an aromatic ring is 1. The maximum atomic E-state index is 12.7. The topological polar surface area (TPSA) is 104 Å². The van der Waals surface area contributed by atoms with Gasteiger partial charge in [0.2, 0.25) is 5.88 Å². The number of aromatic nitrogens is 3. The number of benzene rings is 2. The predicted octanol–water partition coefficient (Wildman–Crippen LogP) is 5.61. The number of fused-ring (bicyclic) bond motifs is 1. The number of nitrogens with zero attached hydrogens (tertiary/aromatic N) is 3. The molecule has 1 aliphatic carbocycles. The summed E-state index contributed by atoms with van der Waals surface area (Å²) in [5.41, 5.74) is 10.4. The third-order valence-corrected chi connectivity index (χ3v) is 7.39. The van der Waals surface area contributed by atoms with Gasteiger partial charge in [-0.2, -0.15) is 0 Å². The van der Waals surface area contributed by atoms with Gasteiger partial charge in [-0.15, -0.1) is 0 Å². The van der Waals surface area contributed by atoms with E-state index in [9.17, 15) is 4.79 Å². The Bertz CT molecular complexity index is 1420. The summed E-state index contributed by atoms with van der Waals surface area (Å²) in [6.07, 6.45) is 6.26. The first-order valence-corrected chi connectivity index (χ1v) is 13.3. The average Bonchev–Trinajstić information content (AvgIpc) is 3.36. The second kappa shape index (κ2) is 11.1. The molecule has 38 heavy (non-hydrogen) atoms. The molecular weight excluding hydrogens is 478 g/mol. The maximum absolute atomic E-state index is 12.7. The Morgan fingerprint density at radius 3 is 2.55 bits per heavy atom. The molecule has 4 aromatic rings. The Kier molecular flexibility index (Phi) is 7.49. The van der Waals surface area contributed by atoms with Crippen molar-refractivity contribution in [2.75, 3.05) is 19.5 Å². The van der Waals surface area contributed by atoms with E-state index in [1.807, 2.05) is 43.3 Å². The number of hydrogen-bond acceptors (Lipinski definition) is 6. The first kappa shape index (κ1) is 25.6. The quantitative estimate of drug-likeness (QED) is 0.317. The fourth-order valence-electron chi connectivity index (χ4n) is 5.27. The third kappa shape index (κ3) is 5.03. The highest BCUT2D eigenvalue weighted by Gasteiger charge is 2.28. The monoisotopic (exact) mass is 513 g/mol. The lowest BCUT2D eigenvalue weighted by Gasteiger charge is -2.25. The van der Waals surface area contributed by atoms with Gasteiger partial charge in [0.25, 0.3) is 5.91 Å². The van der Waals surface area contributed by atoms with Crippen LogP contribution in [-0.4, -0.2) is 34.0 Å². The molecule has 0 aliphatic heterocycles. The summed E-state index contributed by atoms with van der Waals surface area (Å²) in [5.74, 6) is 3.55. The van der Waals surface area contributed by atoms with Gasteiger partial charge in [0.05, 0.1) is 25.5 Å². The molecule has 198 valence electrons. The minimum absolute atomic E-state index is 0.180. The Morgan fingerprint density at radius 1 is 1.11 bits per heavy atom. The van der Waals surface area contributed by atoms with Gasteiger partial charge in [0, 0.05) is 18.0 Å². The lowest BCUT2D eigenvalue weighted by atomic mass is 9.82. The molecule has 2 heterocycles. The highest BCUT2D eigenvalue weighted by Crippen LogP contribution is 2.40. The Hall–Kier alpha value is -4.07. The van der Waals surface area contributed by atoms with Gasteiger partial charge in [-0.05, 0) is 43.4 Å². The summed E-state index contributed by atoms with van der Waals surface area (Å²) < 4.78 is 13.3. The minimum Gasteiger partial charge on any atom is -0.496 e. The number of nitrogens with one attached hydrogen (secondary N) is 1. The van der Waals surface area contributed by atoms with Crippen LogP contribution in [0.2, 0.25) is 0 Å². The normalized spacial score (nSPS) is 17.3. The van der Waals surface area contributed by atoms with Crippen LogP contribution < -0.4 is 20.5 Å². The standard InChI is InChI=1S/C30H35N5O3/c1-4-38-25-18-32-28(31)27-26(34-29(35(25)27)22-13-9-19(2)10-14-22)21-15-11-20(12-16-21)17-33-30(36)23-7-5-6-8-24(23)37-3/h5-8,11-12,15-16,18-19,22H,4,9-10,13-14,17H2,1-3H3,(H2,31,32)(H,33,36).